The Morgan fingerprint density at radius 3 is 2.75 bits per heavy atom. The van der Waals surface area contributed by atoms with Gasteiger partial charge in [-0.2, -0.15) is 0 Å². The minimum absolute atomic E-state index is 0.753. The summed E-state index contributed by atoms with van der Waals surface area (Å²) >= 11 is 0. The Hall–Kier alpha value is -0.890. The van der Waals surface area contributed by atoms with Gasteiger partial charge < -0.3 is 5.32 Å². The average molecular weight is 162 g/mol. The molecular weight excluding hydrogens is 148 g/mol. The molecule has 1 aromatic rings. The smallest absolute Gasteiger partial charge is 0.0271 e. The third-order valence-corrected chi connectivity index (χ3v) is 1.64. The van der Waals surface area contributed by atoms with E-state index in [1.165, 1.54) is 5.56 Å². The van der Waals surface area contributed by atoms with E-state index in [-0.39, 0.29) is 0 Å². The zero-order valence-electron chi connectivity index (χ0n) is 7.16. The van der Waals surface area contributed by atoms with Crippen molar-refractivity contribution in [2.75, 3.05) is 6.54 Å². The van der Waals surface area contributed by atoms with E-state index < -0.39 is 0 Å². The van der Waals surface area contributed by atoms with Gasteiger partial charge in [0.25, 0.3) is 0 Å². The van der Waals surface area contributed by atoms with Gasteiger partial charge in [0.2, 0.25) is 0 Å². The Bertz CT molecular complexity index is 196. The van der Waals surface area contributed by atoms with Gasteiger partial charge in [0.15, 0.2) is 0 Å². The van der Waals surface area contributed by atoms with Crippen molar-refractivity contribution in [1.29, 1.82) is 0 Å². The maximum atomic E-state index is 5.36. The maximum absolute atomic E-state index is 5.36. The van der Waals surface area contributed by atoms with Crippen molar-refractivity contribution in [3.05, 3.63) is 37.0 Å². The van der Waals surface area contributed by atoms with E-state index in [2.05, 4.69) is 10.3 Å². The molecule has 0 aliphatic carbocycles. The van der Waals surface area contributed by atoms with Crippen molar-refractivity contribution in [2.24, 2.45) is 0 Å². The molecule has 0 fully saturated rings. The molecule has 12 heavy (non-hydrogen) atoms. The molecule has 0 aromatic carbocycles. The second-order valence-electron chi connectivity index (χ2n) is 2.67. The average Bonchev–Trinajstić information content (AvgIpc) is 2.14. The molecular formula is C10H14N2. The Kier molecular flexibility index (Phi) is 4.39. The van der Waals surface area contributed by atoms with Crippen LogP contribution in [-0.4, -0.2) is 11.5 Å². The number of aromatic nitrogens is 1. The zero-order chi connectivity index (χ0) is 8.65. The Morgan fingerprint density at radius 2 is 2.08 bits per heavy atom. The van der Waals surface area contributed by atoms with E-state index in [0.29, 0.717) is 0 Å². The summed E-state index contributed by atoms with van der Waals surface area (Å²) in [5, 5.41) is 3.29. The molecule has 1 heterocycles. The summed E-state index contributed by atoms with van der Waals surface area (Å²) in [5.74, 6) is 0. The fourth-order valence-corrected chi connectivity index (χ4v) is 0.960. The van der Waals surface area contributed by atoms with Crippen LogP contribution in [0, 0.1) is 6.92 Å². The number of hydrogen-bond donors (Lipinski definition) is 1. The van der Waals surface area contributed by atoms with E-state index in [1.807, 2.05) is 12.1 Å². The second kappa shape index (κ2) is 5.72. The van der Waals surface area contributed by atoms with Crippen molar-refractivity contribution >= 4 is 0 Å². The first-order valence-electron chi connectivity index (χ1n) is 4.23. The molecule has 2 nitrogen and oxygen atoms in total. The Labute approximate surface area is 74.0 Å². The van der Waals surface area contributed by atoms with Gasteiger partial charge in [0, 0.05) is 18.9 Å². The number of pyridine rings is 1. The molecule has 1 N–H and O–H groups in total. The van der Waals surface area contributed by atoms with Crippen LogP contribution in [-0.2, 0) is 6.54 Å². The monoisotopic (exact) mass is 162 g/mol. The lowest BCUT2D eigenvalue weighted by atomic mass is 10.2. The molecule has 2 heteroatoms. The molecule has 1 rings (SSSR count). The van der Waals surface area contributed by atoms with E-state index in [0.717, 1.165) is 25.9 Å². The lowest BCUT2D eigenvalue weighted by Crippen LogP contribution is -2.14. The number of unbranched alkanes of at least 4 members (excludes halogenated alkanes) is 1. The SMILES string of the molecule is [CH]CCCNCc1ccncc1. The van der Waals surface area contributed by atoms with Gasteiger partial charge in [0.1, 0.15) is 0 Å². The van der Waals surface area contributed by atoms with Crippen LogP contribution in [0.1, 0.15) is 18.4 Å². The number of nitrogens with zero attached hydrogens (tertiary/aromatic N) is 1. The van der Waals surface area contributed by atoms with Crippen LogP contribution in [0.2, 0.25) is 0 Å². The topological polar surface area (TPSA) is 24.9 Å². The molecule has 0 bridgehead atoms. The quantitative estimate of drug-likeness (QED) is 0.666. The van der Waals surface area contributed by atoms with Crippen LogP contribution >= 0.6 is 0 Å². The van der Waals surface area contributed by atoms with E-state index >= 15 is 0 Å². The van der Waals surface area contributed by atoms with Gasteiger partial charge >= 0.3 is 0 Å². The van der Waals surface area contributed by atoms with Crippen molar-refractivity contribution in [3.8, 4) is 0 Å². The van der Waals surface area contributed by atoms with Crippen LogP contribution in [0.3, 0.4) is 0 Å². The standard InChI is InChI=1S/C10H14N2/c1-2-3-6-12-9-10-4-7-11-8-5-10/h1,4-5,7-8,12H,2-3,6,9H2. The normalized spacial score (nSPS) is 10.1. The first-order valence-corrected chi connectivity index (χ1v) is 4.23. The molecule has 64 valence electrons. The number of hydrogen-bond acceptors (Lipinski definition) is 2. The molecule has 0 saturated carbocycles. The van der Waals surface area contributed by atoms with Crippen LogP contribution in [0.15, 0.2) is 24.5 Å². The van der Waals surface area contributed by atoms with E-state index in [1.54, 1.807) is 12.4 Å². The largest absolute Gasteiger partial charge is 0.313 e. The fraction of sp³-hybridized carbons (Fsp3) is 0.400. The van der Waals surface area contributed by atoms with E-state index in [9.17, 15) is 0 Å². The number of nitrogens with one attached hydrogen (secondary N) is 1. The second-order valence-corrected chi connectivity index (χ2v) is 2.67. The first-order chi connectivity index (χ1) is 5.93. The summed E-state index contributed by atoms with van der Waals surface area (Å²) in [4.78, 5) is 3.94. The van der Waals surface area contributed by atoms with Crippen LogP contribution < -0.4 is 5.32 Å². The highest BCUT2D eigenvalue weighted by Crippen LogP contribution is 1.94. The molecule has 0 unspecified atom stereocenters. The molecule has 0 spiro atoms. The summed E-state index contributed by atoms with van der Waals surface area (Å²) in [5.41, 5.74) is 1.27. The molecule has 0 saturated heterocycles. The van der Waals surface area contributed by atoms with Gasteiger partial charge in [-0.15, -0.1) is 0 Å². The molecule has 0 atom stereocenters. The molecule has 1 aromatic heterocycles. The summed E-state index contributed by atoms with van der Waals surface area (Å²) in [6.07, 6.45) is 5.40. The highest BCUT2D eigenvalue weighted by atomic mass is 14.8. The summed E-state index contributed by atoms with van der Waals surface area (Å²) in [6.45, 7) is 7.25. The Balaban J connectivity index is 2.16. The molecule has 0 aliphatic heterocycles. The van der Waals surface area contributed by atoms with Crippen molar-refractivity contribution < 1.29 is 0 Å². The van der Waals surface area contributed by atoms with Crippen LogP contribution in [0.25, 0.3) is 0 Å². The predicted octanol–water partition coefficient (Wildman–Crippen LogP) is 1.66. The maximum Gasteiger partial charge on any atom is 0.0271 e. The van der Waals surface area contributed by atoms with Gasteiger partial charge in [-0.25, -0.2) is 0 Å². The third-order valence-electron chi connectivity index (χ3n) is 1.64. The van der Waals surface area contributed by atoms with Crippen molar-refractivity contribution in [1.82, 2.24) is 10.3 Å². The lowest BCUT2D eigenvalue weighted by molar-refractivity contribution is 0.654. The van der Waals surface area contributed by atoms with Gasteiger partial charge in [-0.1, -0.05) is 0 Å². The molecule has 2 radical (unpaired) electrons. The van der Waals surface area contributed by atoms with Crippen molar-refractivity contribution in [2.45, 2.75) is 19.4 Å². The minimum Gasteiger partial charge on any atom is -0.313 e. The van der Waals surface area contributed by atoms with Gasteiger partial charge in [-0.05, 0) is 44.0 Å². The first kappa shape index (κ1) is 9.20. The fourth-order valence-electron chi connectivity index (χ4n) is 0.960. The summed E-state index contributed by atoms with van der Waals surface area (Å²) in [7, 11) is 0. The molecule has 0 amide bonds. The third kappa shape index (κ3) is 3.49. The lowest BCUT2D eigenvalue weighted by Gasteiger charge is -2.02. The van der Waals surface area contributed by atoms with Crippen LogP contribution in [0.4, 0.5) is 0 Å². The van der Waals surface area contributed by atoms with Gasteiger partial charge in [-0.3, -0.25) is 4.98 Å². The summed E-state index contributed by atoms with van der Waals surface area (Å²) < 4.78 is 0. The van der Waals surface area contributed by atoms with Crippen molar-refractivity contribution in [3.63, 3.8) is 0 Å². The highest BCUT2D eigenvalue weighted by Gasteiger charge is 1.89. The zero-order valence-corrected chi connectivity index (χ0v) is 7.16. The summed E-state index contributed by atoms with van der Waals surface area (Å²) in [6, 6.07) is 4.02. The van der Waals surface area contributed by atoms with E-state index in [4.69, 9.17) is 6.92 Å². The minimum atomic E-state index is 0.753. The van der Waals surface area contributed by atoms with Crippen LogP contribution in [0.5, 0.6) is 0 Å². The Morgan fingerprint density at radius 1 is 1.33 bits per heavy atom. The molecule has 0 aliphatic rings. The predicted molar refractivity (Wildman–Crippen MR) is 49.5 cm³/mol. The highest BCUT2D eigenvalue weighted by molar-refractivity contribution is 5.08. The number of rotatable bonds is 5. The van der Waals surface area contributed by atoms with Gasteiger partial charge in [0.05, 0.1) is 0 Å².